The Hall–Kier alpha value is -2.34. The summed E-state index contributed by atoms with van der Waals surface area (Å²) in [5, 5.41) is 6.94. The summed E-state index contributed by atoms with van der Waals surface area (Å²) in [6.07, 6.45) is 1.59. The van der Waals surface area contributed by atoms with Crippen molar-refractivity contribution in [3.8, 4) is 0 Å². The number of aryl methyl sites for hydroxylation is 1. The third-order valence-electron chi connectivity index (χ3n) is 2.99. The molecule has 1 amide bonds. The molecule has 0 aliphatic heterocycles. The topological polar surface area (TPSA) is 67.2 Å². The number of aromatic nitrogens is 1. The molecule has 1 aromatic carbocycles. The van der Waals surface area contributed by atoms with Gasteiger partial charge in [-0.25, -0.2) is 4.98 Å². The second kappa shape index (κ2) is 5.97. The lowest BCUT2D eigenvalue weighted by molar-refractivity contribution is -0.119. The molecule has 2 heterocycles. The fourth-order valence-corrected chi connectivity index (χ4v) is 2.86. The first-order valence-corrected chi connectivity index (χ1v) is 7.42. The van der Waals surface area contributed by atoms with E-state index in [1.807, 2.05) is 31.2 Å². The number of anilines is 1. The fraction of sp³-hybridized carbons (Fsp3) is 0.200. The molecule has 0 fully saturated rings. The Morgan fingerprint density at radius 3 is 3.10 bits per heavy atom. The maximum atomic E-state index is 11.8. The minimum atomic E-state index is -0.0769. The van der Waals surface area contributed by atoms with Gasteiger partial charge >= 0.3 is 0 Å². The first-order valence-electron chi connectivity index (χ1n) is 6.61. The van der Waals surface area contributed by atoms with Crippen LogP contribution in [0.3, 0.4) is 0 Å². The Kier molecular flexibility index (Phi) is 3.87. The van der Waals surface area contributed by atoms with Crippen LogP contribution in [0.1, 0.15) is 10.8 Å². The van der Waals surface area contributed by atoms with E-state index >= 15 is 0 Å². The van der Waals surface area contributed by atoms with Crippen LogP contribution in [0.25, 0.3) is 10.2 Å². The third kappa shape index (κ3) is 3.41. The molecule has 2 aromatic heterocycles. The predicted octanol–water partition coefficient (Wildman–Crippen LogP) is 2.93. The van der Waals surface area contributed by atoms with Gasteiger partial charge in [-0.1, -0.05) is 0 Å². The minimum absolute atomic E-state index is 0.0769. The first kappa shape index (κ1) is 13.6. The molecule has 0 bridgehead atoms. The monoisotopic (exact) mass is 301 g/mol. The maximum Gasteiger partial charge on any atom is 0.239 e. The molecule has 3 aromatic rings. The Morgan fingerprint density at radius 2 is 2.29 bits per heavy atom. The van der Waals surface area contributed by atoms with E-state index < -0.39 is 0 Å². The molecule has 6 heteroatoms. The summed E-state index contributed by atoms with van der Waals surface area (Å²) >= 11 is 1.65. The second-order valence-corrected chi connectivity index (χ2v) is 5.86. The van der Waals surface area contributed by atoms with Crippen molar-refractivity contribution < 1.29 is 9.21 Å². The number of benzene rings is 1. The number of carbonyl (C=O) groups is 1. The van der Waals surface area contributed by atoms with Crippen molar-refractivity contribution in [2.45, 2.75) is 13.5 Å². The number of amides is 1. The van der Waals surface area contributed by atoms with E-state index in [2.05, 4.69) is 15.6 Å². The molecule has 0 aliphatic carbocycles. The van der Waals surface area contributed by atoms with Crippen molar-refractivity contribution in [3.05, 3.63) is 47.4 Å². The zero-order chi connectivity index (χ0) is 14.7. The van der Waals surface area contributed by atoms with Crippen LogP contribution in [0.5, 0.6) is 0 Å². The van der Waals surface area contributed by atoms with Crippen LogP contribution in [0.2, 0.25) is 0 Å². The molecule has 5 nitrogen and oxygen atoms in total. The average Bonchev–Trinajstić information content (AvgIpc) is 3.10. The Labute approximate surface area is 126 Å². The second-order valence-electron chi connectivity index (χ2n) is 4.63. The molecule has 0 saturated heterocycles. The molecule has 0 spiro atoms. The van der Waals surface area contributed by atoms with Crippen molar-refractivity contribution in [1.29, 1.82) is 0 Å². The number of rotatable bonds is 5. The molecule has 0 saturated carbocycles. The van der Waals surface area contributed by atoms with Gasteiger partial charge in [-0.15, -0.1) is 11.3 Å². The highest BCUT2D eigenvalue weighted by molar-refractivity contribution is 7.18. The molecular formula is C15H15N3O2S. The summed E-state index contributed by atoms with van der Waals surface area (Å²) in [4.78, 5) is 16.2. The summed E-state index contributed by atoms with van der Waals surface area (Å²) < 4.78 is 6.28. The largest absolute Gasteiger partial charge is 0.467 e. The van der Waals surface area contributed by atoms with Crippen LogP contribution in [0, 0.1) is 6.92 Å². The Bertz CT molecular complexity index is 749. The SMILES string of the molecule is Cc1nc2ccc(NCC(=O)NCc3ccco3)cc2s1. The summed E-state index contributed by atoms with van der Waals surface area (Å²) in [5.41, 5.74) is 1.91. The molecule has 3 rings (SSSR count). The lowest BCUT2D eigenvalue weighted by atomic mass is 10.3. The van der Waals surface area contributed by atoms with Gasteiger partial charge < -0.3 is 15.1 Å². The van der Waals surface area contributed by atoms with Crippen molar-refractivity contribution in [3.63, 3.8) is 0 Å². The highest BCUT2D eigenvalue weighted by Crippen LogP contribution is 2.24. The normalized spacial score (nSPS) is 10.7. The zero-order valence-electron chi connectivity index (χ0n) is 11.6. The molecule has 0 unspecified atom stereocenters. The van der Waals surface area contributed by atoms with Crippen molar-refractivity contribution >= 4 is 33.1 Å². The summed E-state index contributed by atoms with van der Waals surface area (Å²) in [6.45, 7) is 2.62. The van der Waals surface area contributed by atoms with Crippen LogP contribution in [0.15, 0.2) is 41.0 Å². The number of furan rings is 1. The van der Waals surface area contributed by atoms with Crippen LogP contribution in [0.4, 0.5) is 5.69 Å². The maximum absolute atomic E-state index is 11.8. The Balaban J connectivity index is 1.54. The van der Waals surface area contributed by atoms with Crippen LogP contribution in [-0.2, 0) is 11.3 Å². The van der Waals surface area contributed by atoms with Crippen molar-refractivity contribution in [2.24, 2.45) is 0 Å². The van der Waals surface area contributed by atoms with Crippen molar-refractivity contribution in [1.82, 2.24) is 10.3 Å². The van der Waals surface area contributed by atoms with E-state index in [0.717, 1.165) is 26.7 Å². The zero-order valence-corrected chi connectivity index (χ0v) is 12.4. The first-order chi connectivity index (χ1) is 10.2. The highest BCUT2D eigenvalue weighted by Gasteiger charge is 2.05. The van der Waals surface area contributed by atoms with Gasteiger partial charge in [-0.3, -0.25) is 4.79 Å². The van der Waals surface area contributed by atoms with Gasteiger partial charge in [-0.2, -0.15) is 0 Å². The molecule has 108 valence electrons. The molecule has 2 N–H and O–H groups in total. The number of carbonyl (C=O) groups excluding carboxylic acids is 1. The van der Waals surface area contributed by atoms with E-state index in [1.54, 1.807) is 23.7 Å². The number of nitrogens with zero attached hydrogens (tertiary/aromatic N) is 1. The quantitative estimate of drug-likeness (QED) is 0.760. The van der Waals surface area contributed by atoms with E-state index in [0.29, 0.717) is 6.54 Å². The van der Waals surface area contributed by atoms with Gasteiger partial charge in [0.2, 0.25) is 5.91 Å². The van der Waals surface area contributed by atoms with E-state index in [1.165, 1.54) is 0 Å². The summed E-state index contributed by atoms with van der Waals surface area (Å²) in [7, 11) is 0. The van der Waals surface area contributed by atoms with E-state index in [4.69, 9.17) is 4.42 Å². The van der Waals surface area contributed by atoms with E-state index in [-0.39, 0.29) is 12.5 Å². The van der Waals surface area contributed by atoms with Gasteiger partial charge in [0.25, 0.3) is 0 Å². The van der Waals surface area contributed by atoms with Crippen LogP contribution in [-0.4, -0.2) is 17.4 Å². The standard InChI is InChI=1S/C15H15N3O2S/c1-10-18-13-5-4-11(7-14(13)21-10)16-9-15(19)17-8-12-3-2-6-20-12/h2-7,16H,8-9H2,1H3,(H,17,19). The Morgan fingerprint density at radius 1 is 1.38 bits per heavy atom. The molecular weight excluding hydrogens is 286 g/mol. The number of hydrogen-bond acceptors (Lipinski definition) is 5. The molecule has 0 aliphatic rings. The number of nitrogens with one attached hydrogen (secondary N) is 2. The molecule has 21 heavy (non-hydrogen) atoms. The van der Waals surface area contributed by atoms with Gasteiger partial charge in [0, 0.05) is 5.69 Å². The highest BCUT2D eigenvalue weighted by atomic mass is 32.1. The smallest absolute Gasteiger partial charge is 0.239 e. The number of thiazole rings is 1. The van der Waals surface area contributed by atoms with Crippen LogP contribution >= 0.6 is 11.3 Å². The lowest BCUT2D eigenvalue weighted by Crippen LogP contribution is -2.29. The predicted molar refractivity (Wildman–Crippen MR) is 83.4 cm³/mol. The van der Waals surface area contributed by atoms with Gasteiger partial charge in [0.05, 0.1) is 34.6 Å². The average molecular weight is 301 g/mol. The lowest BCUT2D eigenvalue weighted by Gasteiger charge is -2.06. The molecule has 0 radical (unpaired) electrons. The van der Waals surface area contributed by atoms with Gasteiger partial charge in [0.1, 0.15) is 5.76 Å². The fourth-order valence-electron chi connectivity index (χ4n) is 1.99. The summed E-state index contributed by atoms with van der Waals surface area (Å²) in [6, 6.07) is 9.53. The minimum Gasteiger partial charge on any atom is -0.467 e. The molecule has 0 atom stereocenters. The van der Waals surface area contributed by atoms with Crippen molar-refractivity contribution in [2.75, 3.05) is 11.9 Å². The van der Waals surface area contributed by atoms with Gasteiger partial charge in [-0.05, 0) is 37.3 Å². The van der Waals surface area contributed by atoms with E-state index in [9.17, 15) is 4.79 Å². The van der Waals surface area contributed by atoms with Crippen LogP contribution < -0.4 is 10.6 Å². The number of hydrogen-bond donors (Lipinski definition) is 2. The third-order valence-corrected chi connectivity index (χ3v) is 3.92. The number of fused-ring (bicyclic) bond motifs is 1. The summed E-state index contributed by atoms with van der Waals surface area (Å²) in [5.74, 6) is 0.664. The van der Waals surface area contributed by atoms with Gasteiger partial charge in [0.15, 0.2) is 0 Å².